The maximum atomic E-state index is 11.4. The van der Waals surface area contributed by atoms with Crippen LogP contribution in [0.4, 0.5) is 5.13 Å². The second-order valence-electron chi connectivity index (χ2n) is 3.80. The lowest BCUT2D eigenvalue weighted by molar-refractivity contribution is 0.0594. The average Bonchev–Trinajstić information content (AvgIpc) is 2.97. The molecular formula is C12H14N2O3S. The number of nitrogens with zero attached hydrogens (tertiary/aromatic N) is 1. The van der Waals surface area contributed by atoms with Crippen LogP contribution in [0.3, 0.4) is 0 Å². The van der Waals surface area contributed by atoms with Crippen LogP contribution in [0.1, 0.15) is 34.1 Å². The number of carbonyl (C=O) groups is 1. The van der Waals surface area contributed by atoms with E-state index in [-0.39, 0.29) is 6.04 Å². The number of nitrogens with one attached hydrogen (secondary N) is 1. The number of ether oxygens (including phenoxy) is 1. The molecule has 6 heteroatoms. The molecule has 2 aromatic rings. The Balaban J connectivity index is 2.13. The van der Waals surface area contributed by atoms with E-state index in [1.807, 2.05) is 26.0 Å². The third kappa shape index (κ3) is 2.53. The van der Waals surface area contributed by atoms with Crippen LogP contribution in [-0.2, 0) is 4.74 Å². The van der Waals surface area contributed by atoms with Crippen molar-refractivity contribution < 1.29 is 13.9 Å². The van der Waals surface area contributed by atoms with Gasteiger partial charge in [-0.2, -0.15) is 0 Å². The van der Waals surface area contributed by atoms with E-state index in [0.717, 1.165) is 10.6 Å². The van der Waals surface area contributed by atoms with Crippen molar-refractivity contribution in [1.82, 2.24) is 4.98 Å². The molecule has 0 aliphatic carbocycles. The van der Waals surface area contributed by atoms with Crippen molar-refractivity contribution in [3.05, 3.63) is 34.7 Å². The van der Waals surface area contributed by atoms with Crippen molar-refractivity contribution in [3.8, 4) is 0 Å². The maximum absolute atomic E-state index is 11.4. The van der Waals surface area contributed by atoms with Crippen LogP contribution in [0.25, 0.3) is 0 Å². The first kappa shape index (κ1) is 12.6. The van der Waals surface area contributed by atoms with E-state index < -0.39 is 5.97 Å². The predicted octanol–water partition coefficient (Wildman–Crippen LogP) is 3.00. The molecule has 2 aromatic heterocycles. The monoisotopic (exact) mass is 266 g/mol. The smallest absolute Gasteiger partial charge is 0.357 e. The molecule has 0 aliphatic heterocycles. The van der Waals surface area contributed by atoms with Gasteiger partial charge in [0, 0.05) is 4.88 Å². The predicted molar refractivity (Wildman–Crippen MR) is 68.9 cm³/mol. The molecule has 1 N–H and O–H groups in total. The van der Waals surface area contributed by atoms with E-state index in [4.69, 9.17) is 4.42 Å². The lowest BCUT2D eigenvalue weighted by Crippen LogP contribution is -2.07. The molecule has 0 radical (unpaired) electrons. The van der Waals surface area contributed by atoms with Gasteiger partial charge in [0.1, 0.15) is 5.76 Å². The summed E-state index contributed by atoms with van der Waals surface area (Å²) in [7, 11) is 1.35. The molecule has 96 valence electrons. The van der Waals surface area contributed by atoms with Crippen LogP contribution >= 0.6 is 11.3 Å². The zero-order valence-corrected chi connectivity index (χ0v) is 11.2. The molecule has 2 rings (SSSR count). The van der Waals surface area contributed by atoms with Gasteiger partial charge in [-0.3, -0.25) is 0 Å². The van der Waals surface area contributed by atoms with Gasteiger partial charge in [0.25, 0.3) is 0 Å². The summed E-state index contributed by atoms with van der Waals surface area (Å²) in [6, 6.07) is 3.72. The standard InChI is InChI=1S/C12H14N2O3S/c1-7(9-5-4-6-17-9)13-12-14-10(8(2)18-12)11(15)16-3/h4-7H,1-3H3,(H,13,14). The van der Waals surface area contributed by atoms with Crippen LogP contribution in [0, 0.1) is 6.92 Å². The molecule has 5 nitrogen and oxygen atoms in total. The number of anilines is 1. The number of rotatable bonds is 4. The summed E-state index contributed by atoms with van der Waals surface area (Å²) in [5.74, 6) is 0.407. The summed E-state index contributed by atoms with van der Waals surface area (Å²) in [4.78, 5) is 16.5. The second-order valence-corrected chi connectivity index (χ2v) is 5.00. The van der Waals surface area contributed by atoms with Crippen molar-refractivity contribution in [1.29, 1.82) is 0 Å². The molecule has 0 saturated carbocycles. The van der Waals surface area contributed by atoms with Crippen molar-refractivity contribution in [3.63, 3.8) is 0 Å². The molecule has 0 fully saturated rings. The summed E-state index contributed by atoms with van der Waals surface area (Å²) < 4.78 is 9.96. The molecule has 1 unspecified atom stereocenters. The Morgan fingerprint density at radius 3 is 3.00 bits per heavy atom. The fourth-order valence-corrected chi connectivity index (χ4v) is 2.43. The van der Waals surface area contributed by atoms with Gasteiger partial charge in [-0.05, 0) is 26.0 Å². The third-order valence-electron chi connectivity index (χ3n) is 2.49. The first-order valence-corrected chi connectivity index (χ1v) is 6.29. The zero-order chi connectivity index (χ0) is 13.1. The number of aromatic nitrogens is 1. The molecule has 0 bridgehead atoms. The molecule has 2 heterocycles. The highest BCUT2D eigenvalue weighted by Gasteiger charge is 2.17. The highest BCUT2D eigenvalue weighted by Crippen LogP contribution is 2.26. The van der Waals surface area contributed by atoms with Crippen molar-refractivity contribution in [2.24, 2.45) is 0 Å². The molecule has 0 amide bonds. The number of methoxy groups -OCH3 is 1. The normalized spacial score (nSPS) is 12.2. The highest BCUT2D eigenvalue weighted by atomic mass is 32.1. The van der Waals surface area contributed by atoms with Crippen LogP contribution in [0.5, 0.6) is 0 Å². The van der Waals surface area contributed by atoms with E-state index in [0.29, 0.717) is 10.8 Å². The summed E-state index contributed by atoms with van der Waals surface area (Å²) >= 11 is 1.42. The molecule has 0 aliphatic rings. The molecule has 0 saturated heterocycles. The molecule has 1 atom stereocenters. The third-order valence-corrected chi connectivity index (χ3v) is 3.39. The van der Waals surface area contributed by atoms with Crippen LogP contribution < -0.4 is 5.32 Å². The number of hydrogen-bond acceptors (Lipinski definition) is 6. The Kier molecular flexibility index (Phi) is 3.66. The largest absolute Gasteiger partial charge is 0.467 e. The van der Waals surface area contributed by atoms with E-state index in [2.05, 4.69) is 15.0 Å². The number of hydrogen-bond donors (Lipinski definition) is 1. The number of aryl methyl sites for hydroxylation is 1. The summed E-state index contributed by atoms with van der Waals surface area (Å²) in [6.45, 7) is 3.81. The Morgan fingerprint density at radius 1 is 1.61 bits per heavy atom. The maximum Gasteiger partial charge on any atom is 0.357 e. The average molecular weight is 266 g/mol. The van der Waals surface area contributed by atoms with Gasteiger partial charge in [-0.1, -0.05) is 0 Å². The first-order valence-electron chi connectivity index (χ1n) is 5.47. The lowest BCUT2D eigenvalue weighted by Gasteiger charge is -2.09. The fraction of sp³-hybridized carbons (Fsp3) is 0.333. The van der Waals surface area contributed by atoms with Gasteiger partial charge < -0.3 is 14.5 Å². The minimum Gasteiger partial charge on any atom is -0.467 e. The van der Waals surface area contributed by atoms with Crippen LogP contribution in [0.2, 0.25) is 0 Å². The first-order chi connectivity index (χ1) is 8.61. The molecule has 18 heavy (non-hydrogen) atoms. The topological polar surface area (TPSA) is 64.4 Å². The summed E-state index contributed by atoms with van der Waals surface area (Å²) in [5.41, 5.74) is 0.358. The SMILES string of the molecule is COC(=O)c1nc(NC(C)c2ccco2)sc1C. The van der Waals surface area contributed by atoms with E-state index in [1.54, 1.807) is 6.26 Å². The molecule has 0 spiro atoms. The highest BCUT2D eigenvalue weighted by molar-refractivity contribution is 7.15. The number of thiazole rings is 1. The van der Waals surface area contributed by atoms with Gasteiger partial charge in [0.15, 0.2) is 10.8 Å². The van der Waals surface area contributed by atoms with Crippen LogP contribution in [0.15, 0.2) is 22.8 Å². The second kappa shape index (κ2) is 5.22. The number of esters is 1. The van der Waals surface area contributed by atoms with Crippen LogP contribution in [-0.4, -0.2) is 18.1 Å². The van der Waals surface area contributed by atoms with Gasteiger partial charge in [0.05, 0.1) is 19.4 Å². The van der Waals surface area contributed by atoms with Crippen molar-refractivity contribution >= 4 is 22.4 Å². The Morgan fingerprint density at radius 2 is 2.39 bits per heavy atom. The minimum atomic E-state index is -0.414. The van der Waals surface area contributed by atoms with E-state index in [9.17, 15) is 4.79 Å². The minimum absolute atomic E-state index is 0.00366. The summed E-state index contributed by atoms with van der Waals surface area (Å²) in [6.07, 6.45) is 1.63. The van der Waals surface area contributed by atoms with Gasteiger partial charge in [-0.15, -0.1) is 11.3 Å². The lowest BCUT2D eigenvalue weighted by atomic mass is 10.3. The summed E-state index contributed by atoms with van der Waals surface area (Å²) in [5, 5.41) is 3.87. The Labute approximate surface area is 109 Å². The molecular weight excluding hydrogens is 252 g/mol. The number of carbonyl (C=O) groups excluding carboxylic acids is 1. The van der Waals surface area contributed by atoms with Gasteiger partial charge in [-0.25, -0.2) is 9.78 Å². The van der Waals surface area contributed by atoms with Crippen molar-refractivity contribution in [2.75, 3.05) is 12.4 Å². The van der Waals surface area contributed by atoms with E-state index >= 15 is 0 Å². The van der Waals surface area contributed by atoms with Crippen molar-refractivity contribution in [2.45, 2.75) is 19.9 Å². The Hall–Kier alpha value is -1.82. The van der Waals surface area contributed by atoms with Gasteiger partial charge in [0.2, 0.25) is 0 Å². The van der Waals surface area contributed by atoms with Gasteiger partial charge >= 0.3 is 5.97 Å². The molecule has 0 aromatic carbocycles. The zero-order valence-electron chi connectivity index (χ0n) is 10.4. The van der Waals surface area contributed by atoms with E-state index in [1.165, 1.54) is 18.4 Å². The number of furan rings is 1. The quantitative estimate of drug-likeness (QED) is 0.862. The fourth-order valence-electron chi connectivity index (χ4n) is 1.54. The Bertz CT molecular complexity index is 534.